The number of anilines is 1. The van der Waals surface area contributed by atoms with E-state index >= 15 is 0 Å². The van der Waals surface area contributed by atoms with Gasteiger partial charge in [0.1, 0.15) is 35.1 Å². The lowest BCUT2D eigenvalue weighted by Gasteiger charge is -2.16. The Hall–Kier alpha value is -2.68. The maximum absolute atomic E-state index is 13.2. The maximum Gasteiger partial charge on any atom is 0.328 e. The molecule has 1 N–H and O–H groups in total. The highest BCUT2D eigenvalue weighted by Gasteiger charge is 2.23. The van der Waals surface area contributed by atoms with Crippen LogP contribution in [0.1, 0.15) is 6.42 Å². The molecule has 0 fully saturated rings. The van der Waals surface area contributed by atoms with Gasteiger partial charge < -0.3 is 14.6 Å². The normalized spacial score (nSPS) is 12.1. The molecule has 0 aliphatic carbocycles. The molecule has 9 heteroatoms. The van der Waals surface area contributed by atoms with Gasteiger partial charge in [0, 0.05) is 5.56 Å². The highest BCUT2D eigenvalue weighted by Crippen LogP contribution is 2.31. The molecule has 0 spiro atoms. The molecule has 0 saturated carbocycles. The fraction of sp³-hybridized carbons (Fsp3) is 0.294. The first-order valence-electron chi connectivity index (χ1n) is 7.83. The van der Waals surface area contributed by atoms with Gasteiger partial charge in [-0.15, -0.1) is 0 Å². The van der Waals surface area contributed by atoms with Gasteiger partial charge >= 0.3 is 5.97 Å². The molecular weight excluding hydrogens is 359 g/mol. The molecule has 2 heterocycles. The maximum atomic E-state index is 13.2. The topological polar surface area (TPSA) is 90.1 Å². The predicted octanol–water partition coefficient (Wildman–Crippen LogP) is 3.13. The number of hydrogen-bond donors (Lipinski definition) is 1. The van der Waals surface area contributed by atoms with E-state index in [0.29, 0.717) is 28.9 Å². The quantitative estimate of drug-likeness (QED) is 0.629. The van der Waals surface area contributed by atoms with Crippen LogP contribution in [-0.2, 0) is 9.53 Å². The van der Waals surface area contributed by atoms with Gasteiger partial charge in [0.15, 0.2) is 0 Å². The third-order valence-corrected chi connectivity index (χ3v) is 4.44. The number of carbonyl (C=O) groups excluding carboxylic acids is 1. The molecule has 0 aliphatic heterocycles. The van der Waals surface area contributed by atoms with Crippen LogP contribution >= 0.6 is 11.8 Å². The van der Waals surface area contributed by atoms with Gasteiger partial charge in [0.05, 0.1) is 7.11 Å². The van der Waals surface area contributed by atoms with Gasteiger partial charge in [0.2, 0.25) is 0 Å². The summed E-state index contributed by atoms with van der Waals surface area (Å²) in [5, 5.41) is 7.66. The van der Waals surface area contributed by atoms with E-state index in [4.69, 9.17) is 9.26 Å². The molecule has 2 aromatic heterocycles. The van der Waals surface area contributed by atoms with E-state index in [0.717, 1.165) is 5.75 Å². The number of rotatable bonds is 7. The van der Waals surface area contributed by atoms with Crippen LogP contribution in [0.2, 0.25) is 0 Å². The van der Waals surface area contributed by atoms with Gasteiger partial charge in [-0.3, -0.25) is 0 Å². The number of nitrogens with one attached hydrogen (secondary N) is 1. The molecule has 7 nitrogen and oxygen atoms in total. The Morgan fingerprint density at radius 1 is 1.35 bits per heavy atom. The number of ether oxygens (including phenoxy) is 1. The van der Waals surface area contributed by atoms with Crippen molar-refractivity contribution in [2.45, 2.75) is 12.5 Å². The molecule has 1 aromatic carbocycles. The summed E-state index contributed by atoms with van der Waals surface area (Å²) in [5.74, 6) is 0.451. The lowest BCUT2D eigenvalue weighted by Crippen LogP contribution is -2.31. The number of carbonyl (C=O) groups is 1. The average molecular weight is 376 g/mol. The lowest BCUT2D eigenvalue weighted by molar-refractivity contribution is -0.141. The summed E-state index contributed by atoms with van der Waals surface area (Å²) >= 11 is 1.63. The van der Waals surface area contributed by atoms with E-state index in [-0.39, 0.29) is 17.5 Å². The molecule has 136 valence electrons. The fourth-order valence-electron chi connectivity index (χ4n) is 2.49. The summed E-state index contributed by atoms with van der Waals surface area (Å²) in [7, 11) is 1.34. The van der Waals surface area contributed by atoms with E-state index in [1.165, 1.54) is 25.6 Å². The Morgan fingerprint density at radius 2 is 2.12 bits per heavy atom. The van der Waals surface area contributed by atoms with Crippen LogP contribution in [0.15, 0.2) is 35.1 Å². The molecule has 0 amide bonds. The van der Waals surface area contributed by atoms with Crippen molar-refractivity contribution in [3.05, 3.63) is 36.4 Å². The summed E-state index contributed by atoms with van der Waals surface area (Å²) in [5.41, 5.74) is 1.40. The van der Waals surface area contributed by atoms with Crippen molar-refractivity contribution in [3.63, 3.8) is 0 Å². The van der Waals surface area contributed by atoms with Crippen molar-refractivity contribution in [2.24, 2.45) is 0 Å². The Balaban J connectivity index is 2.01. The van der Waals surface area contributed by atoms with E-state index in [9.17, 15) is 9.18 Å². The predicted molar refractivity (Wildman–Crippen MR) is 97.4 cm³/mol. The second-order valence-electron chi connectivity index (χ2n) is 5.44. The summed E-state index contributed by atoms with van der Waals surface area (Å²) in [6.45, 7) is 0. The van der Waals surface area contributed by atoms with Gasteiger partial charge in [0.25, 0.3) is 5.71 Å². The smallest absolute Gasteiger partial charge is 0.328 e. The lowest BCUT2D eigenvalue weighted by atomic mass is 10.1. The molecule has 26 heavy (non-hydrogen) atoms. The van der Waals surface area contributed by atoms with Crippen LogP contribution in [0.3, 0.4) is 0 Å². The number of fused-ring (bicyclic) bond motifs is 1. The van der Waals surface area contributed by atoms with E-state index in [1.807, 2.05) is 6.26 Å². The highest BCUT2D eigenvalue weighted by molar-refractivity contribution is 7.98. The van der Waals surface area contributed by atoms with Crippen molar-refractivity contribution >= 4 is 34.6 Å². The SMILES string of the molecule is COC(=O)[C@H](CCSC)Nc1ncnc2onc(-c3ccc(F)cc3)c12. The van der Waals surface area contributed by atoms with Crippen molar-refractivity contribution in [3.8, 4) is 11.3 Å². The Kier molecular flexibility index (Phi) is 5.67. The zero-order valence-electron chi connectivity index (χ0n) is 14.2. The van der Waals surface area contributed by atoms with E-state index < -0.39 is 6.04 Å². The second-order valence-corrected chi connectivity index (χ2v) is 6.43. The van der Waals surface area contributed by atoms with Crippen molar-refractivity contribution < 1.29 is 18.4 Å². The van der Waals surface area contributed by atoms with Gasteiger partial charge in [-0.1, -0.05) is 5.16 Å². The summed E-state index contributed by atoms with van der Waals surface area (Å²) in [6.07, 6.45) is 3.85. The number of methoxy groups -OCH3 is 1. The van der Waals surface area contributed by atoms with Crippen molar-refractivity contribution in [1.82, 2.24) is 15.1 Å². The first kappa shape index (κ1) is 18.1. The zero-order chi connectivity index (χ0) is 18.5. The molecular formula is C17H17FN4O3S. The molecule has 0 bridgehead atoms. The molecule has 0 saturated heterocycles. The number of halogens is 1. The number of thioether (sulfide) groups is 1. The first-order chi connectivity index (χ1) is 12.6. The summed E-state index contributed by atoms with van der Waals surface area (Å²) < 4.78 is 23.3. The van der Waals surface area contributed by atoms with Crippen LogP contribution in [0.5, 0.6) is 0 Å². The van der Waals surface area contributed by atoms with Crippen LogP contribution in [0.4, 0.5) is 10.2 Å². The summed E-state index contributed by atoms with van der Waals surface area (Å²) in [4.78, 5) is 20.4. The fourth-order valence-corrected chi connectivity index (χ4v) is 2.96. The van der Waals surface area contributed by atoms with E-state index in [2.05, 4.69) is 20.4 Å². The van der Waals surface area contributed by atoms with Crippen LogP contribution in [0, 0.1) is 5.82 Å². The van der Waals surface area contributed by atoms with Crippen molar-refractivity contribution in [1.29, 1.82) is 0 Å². The Bertz CT molecular complexity index is 901. The zero-order valence-corrected chi connectivity index (χ0v) is 15.0. The molecule has 3 rings (SSSR count). The van der Waals surface area contributed by atoms with Crippen LogP contribution in [0.25, 0.3) is 22.4 Å². The number of nitrogens with zero attached hydrogens (tertiary/aromatic N) is 3. The van der Waals surface area contributed by atoms with Gasteiger partial charge in [-0.05, 0) is 42.7 Å². The third-order valence-electron chi connectivity index (χ3n) is 3.80. The minimum Gasteiger partial charge on any atom is -0.467 e. The Morgan fingerprint density at radius 3 is 2.81 bits per heavy atom. The number of esters is 1. The molecule has 0 aliphatic rings. The van der Waals surface area contributed by atoms with Gasteiger partial charge in [-0.25, -0.2) is 14.2 Å². The Labute approximate surface area is 153 Å². The largest absolute Gasteiger partial charge is 0.467 e. The summed E-state index contributed by atoms with van der Waals surface area (Å²) in [6, 6.07) is 5.29. The number of aromatic nitrogens is 3. The monoisotopic (exact) mass is 376 g/mol. The molecule has 3 aromatic rings. The minimum atomic E-state index is -0.568. The molecule has 0 radical (unpaired) electrons. The second kappa shape index (κ2) is 8.13. The van der Waals surface area contributed by atoms with Gasteiger partial charge in [-0.2, -0.15) is 16.7 Å². The van der Waals surface area contributed by atoms with Crippen LogP contribution in [-0.4, -0.2) is 46.3 Å². The average Bonchev–Trinajstić information content (AvgIpc) is 3.10. The first-order valence-corrected chi connectivity index (χ1v) is 9.23. The molecule has 0 unspecified atom stereocenters. The highest BCUT2D eigenvalue weighted by atomic mass is 32.2. The third kappa shape index (κ3) is 3.77. The van der Waals surface area contributed by atoms with Crippen LogP contribution < -0.4 is 5.32 Å². The molecule has 1 atom stereocenters. The van der Waals surface area contributed by atoms with Crippen molar-refractivity contribution in [2.75, 3.05) is 24.4 Å². The van der Waals surface area contributed by atoms with E-state index in [1.54, 1.807) is 23.9 Å². The minimum absolute atomic E-state index is 0.273. The number of hydrogen-bond acceptors (Lipinski definition) is 8. The standard InChI is InChI=1S/C17H17FN4O3S/c1-24-17(23)12(7-8-26-2)21-15-13-14(10-3-5-11(18)6-4-10)22-25-16(13)20-9-19-15/h3-6,9,12H,7-8H2,1-2H3,(H,19,20,21)/t12-/m0/s1. The number of benzene rings is 1.